The molecule has 1 atom stereocenters. The second kappa shape index (κ2) is 5.62. The molecule has 3 rings (SSSR count). The van der Waals surface area contributed by atoms with Crippen molar-refractivity contribution in [1.82, 2.24) is 4.90 Å². The summed E-state index contributed by atoms with van der Waals surface area (Å²) in [6, 6.07) is 6.49. The number of anilines is 1. The van der Waals surface area contributed by atoms with Crippen molar-refractivity contribution in [3.8, 4) is 0 Å². The molecule has 0 bridgehead atoms. The van der Waals surface area contributed by atoms with Crippen LogP contribution in [-0.2, 0) is 4.74 Å². The van der Waals surface area contributed by atoms with E-state index in [9.17, 15) is 4.79 Å². The van der Waals surface area contributed by atoms with Crippen molar-refractivity contribution in [2.45, 2.75) is 31.3 Å². The first-order valence-corrected chi connectivity index (χ1v) is 7.43. The third-order valence-corrected chi connectivity index (χ3v) is 4.26. The lowest BCUT2D eigenvalue weighted by molar-refractivity contribution is 0.0602. The molecule has 0 radical (unpaired) electrons. The van der Waals surface area contributed by atoms with E-state index in [0.29, 0.717) is 16.6 Å². The third-order valence-electron chi connectivity index (χ3n) is 4.03. The minimum absolute atomic E-state index is 0.355. The topological polar surface area (TPSA) is 41.6 Å². The van der Waals surface area contributed by atoms with E-state index in [2.05, 4.69) is 10.2 Å². The second-order valence-electron chi connectivity index (χ2n) is 5.54. The largest absolute Gasteiger partial charge is 0.465 e. The number of halogens is 1. The molecule has 0 amide bonds. The molecule has 1 saturated heterocycles. The molecule has 2 fully saturated rings. The zero-order chi connectivity index (χ0) is 14.1. The zero-order valence-corrected chi connectivity index (χ0v) is 12.3. The number of hydrogen-bond donors (Lipinski definition) is 1. The summed E-state index contributed by atoms with van der Waals surface area (Å²) in [7, 11) is 1.39. The molecule has 2 aliphatic rings. The smallest absolute Gasteiger partial charge is 0.340 e. The van der Waals surface area contributed by atoms with Crippen LogP contribution in [0.5, 0.6) is 0 Å². The van der Waals surface area contributed by atoms with Crippen LogP contribution in [0.15, 0.2) is 18.2 Å². The fraction of sp³-hybridized carbons (Fsp3) is 0.533. The molecular formula is C15H19ClN2O2. The van der Waals surface area contributed by atoms with Gasteiger partial charge in [0.15, 0.2) is 0 Å². The van der Waals surface area contributed by atoms with Gasteiger partial charge in [-0.05, 0) is 37.5 Å². The number of benzene rings is 1. The van der Waals surface area contributed by atoms with Crippen LogP contribution >= 0.6 is 11.6 Å². The summed E-state index contributed by atoms with van der Waals surface area (Å²) in [5, 5.41) is 4.01. The summed E-state index contributed by atoms with van der Waals surface area (Å²) in [5.41, 5.74) is 1.31. The molecule has 1 heterocycles. The molecule has 0 aromatic heterocycles. The minimum Gasteiger partial charge on any atom is -0.465 e. The van der Waals surface area contributed by atoms with E-state index in [0.717, 1.165) is 31.2 Å². The Morgan fingerprint density at radius 3 is 2.90 bits per heavy atom. The van der Waals surface area contributed by atoms with E-state index in [4.69, 9.17) is 16.3 Å². The SMILES string of the molecule is COC(=O)c1cc(Cl)ccc1NC1CCN(C2CC2)C1. The Labute approximate surface area is 124 Å². The molecule has 1 aliphatic heterocycles. The molecule has 1 aromatic carbocycles. The van der Waals surface area contributed by atoms with Gasteiger partial charge in [-0.15, -0.1) is 0 Å². The van der Waals surface area contributed by atoms with E-state index in [1.807, 2.05) is 6.07 Å². The Morgan fingerprint density at radius 2 is 2.20 bits per heavy atom. The number of nitrogens with zero attached hydrogens (tertiary/aromatic N) is 1. The van der Waals surface area contributed by atoms with Gasteiger partial charge in [0.05, 0.1) is 12.7 Å². The summed E-state index contributed by atoms with van der Waals surface area (Å²) >= 11 is 5.96. The van der Waals surface area contributed by atoms with Crippen molar-refractivity contribution in [3.05, 3.63) is 28.8 Å². The highest BCUT2D eigenvalue weighted by Gasteiger charge is 2.34. The summed E-state index contributed by atoms with van der Waals surface area (Å²) in [4.78, 5) is 14.3. The summed E-state index contributed by atoms with van der Waals surface area (Å²) < 4.78 is 4.82. The highest BCUT2D eigenvalue weighted by molar-refractivity contribution is 6.31. The maximum absolute atomic E-state index is 11.8. The van der Waals surface area contributed by atoms with E-state index in [1.54, 1.807) is 12.1 Å². The predicted octanol–water partition coefficient (Wildman–Crippen LogP) is 2.78. The van der Waals surface area contributed by atoms with E-state index >= 15 is 0 Å². The van der Waals surface area contributed by atoms with Crippen molar-refractivity contribution in [3.63, 3.8) is 0 Å². The van der Waals surface area contributed by atoms with Gasteiger partial charge >= 0.3 is 5.97 Å². The second-order valence-corrected chi connectivity index (χ2v) is 5.97. The highest BCUT2D eigenvalue weighted by atomic mass is 35.5. The van der Waals surface area contributed by atoms with Crippen LogP contribution in [0.1, 0.15) is 29.6 Å². The minimum atomic E-state index is -0.355. The average Bonchev–Trinajstić information content (AvgIpc) is 3.20. The molecule has 1 saturated carbocycles. The van der Waals surface area contributed by atoms with Gasteiger partial charge in [-0.25, -0.2) is 4.79 Å². The molecule has 5 heteroatoms. The normalized spacial score (nSPS) is 22.8. The van der Waals surface area contributed by atoms with E-state index in [1.165, 1.54) is 20.0 Å². The number of likely N-dealkylation sites (tertiary alicyclic amines) is 1. The van der Waals surface area contributed by atoms with E-state index < -0.39 is 0 Å². The fourth-order valence-electron chi connectivity index (χ4n) is 2.82. The van der Waals surface area contributed by atoms with Crippen LogP contribution in [0.2, 0.25) is 5.02 Å². The van der Waals surface area contributed by atoms with Crippen molar-refractivity contribution in [1.29, 1.82) is 0 Å². The number of esters is 1. The Morgan fingerprint density at radius 1 is 1.40 bits per heavy atom. The number of rotatable bonds is 4. The van der Waals surface area contributed by atoms with Crippen molar-refractivity contribution < 1.29 is 9.53 Å². The first-order chi connectivity index (χ1) is 9.67. The summed E-state index contributed by atoms with van der Waals surface area (Å²) in [5.74, 6) is -0.355. The van der Waals surface area contributed by atoms with Gasteiger partial charge in [-0.3, -0.25) is 4.90 Å². The Balaban J connectivity index is 1.71. The number of carbonyl (C=O) groups is 1. The lowest BCUT2D eigenvalue weighted by Crippen LogP contribution is -2.28. The zero-order valence-electron chi connectivity index (χ0n) is 11.6. The molecule has 1 aromatic rings. The molecule has 108 valence electrons. The molecule has 20 heavy (non-hydrogen) atoms. The molecule has 4 nitrogen and oxygen atoms in total. The van der Waals surface area contributed by atoms with Crippen molar-refractivity contribution >= 4 is 23.3 Å². The molecule has 1 N–H and O–H groups in total. The first-order valence-electron chi connectivity index (χ1n) is 7.06. The van der Waals surface area contributed by atoms with Gasteiger partial charge in [0.25, 0.3) is 0 Å². The lowest BCUT2D eigenvalue weighted by atomic mass is 10.1. The maximum atomic E-state index is 11.8. The van der Waals surface area contributed by atoms with Crippen LogP contribution in [-0.4, -0.2) is 43.2 Å². The molecule has 1 aliphatic carbocycles. The van der Waals surface area contributed by atoms with Crippen LogP contribution < -0.4 is 5.32 Å². The number of nitrogens with one attached hydrogen (secondary N) is 1. The third kappa shape index (κ3) is 2.91. The monoisotopic (exact) mass is 294 g/mol. The standard InChI is InChI=1S/C15H19ClN2O2/c1-20-15(19)13-8-10(16)2-5-14(13)17-11-6-7-18(9-11)12-3-4-12/h2,5,8,11-12,17H,3-4,6-7,9H2,1H3. The predicted molar refractivity (Wildman–Crippen MR) is 79.4 cm³/mol. The van der Waals surface area contributed by atoms with Crippen LogP contribution in [0.25, 0.3) is 0 Å². The van der Waals surface area contributed by atoms with Crippen LogP contribution in [0.3, 0.4) is 0 Å². The highest BCUT2D eigenvalue weighted by Crippen LogP contribution is 2.31. The maximum Gasteiger partial charge on any atom is 0.340 e. The van der Waals surface area contributed by atoms with E-state index in [-0.39, 0.29) is 5.97 Å². The van der Waals surface area contributed by atoms with Crippen molar-refractivity contribution in [2.75, 3.05) is 25.5 Å². The van der Waals surface area contributed by atoms with Gasteiger partial charge in [0.2, 0.25) is 0 Å². The molecular weight excluding hydrogens is 276 g/mol. The number of carbonyl (C=O) groups excluding carboxylic acids is 1. The van der Waals surface area contributed by atoms with Gasteiger partial charge in [0.1, 0.15) is 0 Å². The Bertz CT molecular complexity index is 517. The number of ether oxygens (including phenoxy) is 1. The number of hydrogen-bond acceptors (Lipinski definition) is 4. The lowest BCUT2D eigenvalue weighted by Gasteiger charge is -2.18. The van der Waals surface area contributed by atoms with Crippen LogP contribution in [0, 0.1) is 0 Å². The van der Waals surface area contributed by atoms with Gasteiger partial charge in [0, 0.05) is 35.9 Å². The Hall–Kier alpha value is -1.26. The van der Waals surface area contributed by atoms with Gasteiger partial charge in [-0.2, -0.15) is 0 Å². The van der Waals surface area contributed by atoms with Crippen molar-refractivity contribution in [2.24, 2.45) is 0 Å². The number of methoxy groups -OCH3 is 1. The van der Waals surface area contributed by atoms with Crippen LogP contribution in [0.4, 0.5) is 5.69 Å². The molecule has 0 spiro atoms. The fourth-order valence-corrected chi connectivity index (χ4v) is 2.99. The Kier molecular flexibility index (Phi) is 3.85. The average molecular weight is 295 g/mol. The van der Waals surface area contributed by atoms with Gasteiger partial charge < -0.3 is 10.1 Å². The molecule has 1 unspecified atom stereocenters. The first kappa shape index (κ1) is 13.7. The quantitative estimate of drug-likeness (QED) is 0.867. The summed E-state index contributed by atoms with van der Waals surface area (Å²) in [6.45, 7) is 2.19. The summed E-state index contributed by atoms with van der Waals surface area (Å²) in [6.07, 6.45) is 3.78. The van der Waals surface area contributed by atoms with Gasteiger partial charge in [-0.1, -0.05) is 11.6 Å².